The van der Waals surface area contributed by atoms with E-state index >= 15 is 0 Å². The lowest BCUT2D eigenvalue weighted by atomic mass is 10.1. The van der Waals surface area contributed by atoms with Gasteiger partial charge in [-0.3, -0.25) is 0 Å². The molecule has 0 radical (unpaired) electrons. The summed E-state index contributed by atoms with van der Waals surface area (Å²) in [7, 11) is 0. The van der Waals surface area contributed by atoms with Crippen LogP contribution < -0.4 is 0 Å². The van der Waals surface area contributed by atoms with Crippen LogP contribution in [0.2, 0.25) is 0 Å². The number of rotatable bonds is 9. The predicted octanol–water partition coefficient (Wildman–Crippen LogP) is 3.39. The van der Waals surface area contributed by atoms with Crippen molar-refractivity contribution in [3.63, 3.8) is 0 Å². The summed E-state index contributed by atoms with van der Waals surface area (Å²) >= 11 is 0. The molecule has 0 aliphatic heterocycles. The Morgan fingerprint density at radius 2 is 1.64 bits per heavy atom. The third kappa shape index (κ3) is 8.45. The minimum Gasteiger partial charge on any atom is -0.340 e. The summed E-state index contributed by atoms with van der Waals surface area (Å²) in [6, 6.07) is -2.41. The predicted molar refractivity (Wildman–Crippen MR) is 55.7 cm³/mol. The monoisotopic (exact) mass is 206 g/mol. The van der Waals surface area contributed by atoms with Gasteiger partial charge in [-0.2, -0.15) is 4.39 Å². The maximum absolute atomic E-state index is 12.8. The van der Waals surface area contributed by atoms with E-state index in [2.05, 4.69) is 11.7 Å². The van der Waals surface area contributed by atoms with Crippen LogP contribution in [0.3, 0.4) is 0 Å². The molecule has 0 saturated heterocycles. The molecule has 0 bridgehead atoms. The molecule has 0 aromatic carbocycles. The van der Waals surface area contributed by atoms with Gasteiger partial charge in [0.25, 0.3) is 0 Å². The molecule has 0 spiro atoms. The van der Waals surface area contributed by atoms with Gasteiger partial charge in [0, 0.05) is 6.42 Å². The lowest BCUT2D eigenvalue weighted by Crippen LogP contribution is -2.25. The Balaban J connectivity index is 3.13. The van der Waals surface area contributed by atoms with Gasteiger partial charge in [0.2, 0.25) is 0 Å². The topological polar surface area (TPSA) is 29.5 Å². The highest BCUT2D eigenvalue weighted by molar-refractivity contribution is 4.48. The Labute approximate surface area is 86.5 Å². The molecule has 0 heterocycles. The second-order valence-electron chi connectivity index (χ2n) is 3.66. The summed E-state index contributed by atoms with van der Waals surface area (Å²) in [5.41, 5.74) is 0. The molecule has 0 aliphatic carbocycles. The fraction of sp³-hybridized carbons (Fsp3) is 1.00. The number of alkyl halides is 1. The third-order valence-corrected chi connectivity index (χ3v) is 2.26. The van der Waals surface area contributed by atoms with Crippen LogP contribution in [0.15, 0.2) is 0 Å². The lowest BCUT2D eigenvalue weighted by Gasteiger charge is -2.16. The smallest absolute Gasteiger partial charge is 0.317 e. The van der Waals surface area contributed by atoms with E-state index in [0.717, 1.165) is 12.8 Å². The Bertz CT molecular complexity index is 126. The van der Waals surface area contributed by atoms with Crippen molar-refractivity contribution >= 4 is 0 Å². The number of unbranched alkanes of at least 4 members (excludes halogenated alkanes) is 5. The van der Waals surface area contributed by atoms with Gasteiger partial charge in [0.1, 0.15) is 0 Å². The zero-order valence-electron chi connectivity index (χ0n) is 9.39. The highest BCUT2D eigenvalue weighted by Crippen LogP contribution is 2.14. The van der Waals surface area contributed by atoms with Crippen LogP contribution in [0.25, 0.3) is 0 Å². The molecular weight excluding hydrogens is 183 g/mol. The molecule has 0 rings (SSSR count). The summed E-state index contributed by atoms with van der Waals surface area (Å²) < 4.78 is 17.5. The first-order chi connectivity index (χ1) is 6.62. The largest absolute Gasteiger partial charge is 0.340 e. The fourth-order valence-electron chi connectivity index (χ4n) is 1.21. The van der Waals surface area contributed by atoms with Gasteiger partial charge >= 0.3 is 6.04 Å². The zero-order chi connectivity index (χ0) is 10.9. The standard InChI is InChI=1S/C11H23FO2/c1-3-5-6-7-8-9-10-14-11(12,13)4-2/h13H,3-10H2,1-2H3. The molecule has 86 valence electrons. The Morgan fingerprint density at radius 1 is 1.07 bits per heavy atom. The van der Waals surface area contributed by atoms with Crippen LogP contribution in [-0.2, 0) is 4.74 Å². The average molecular weight is 206 g/mol. The van der Waals surface area contributed by atoms with Crippen molar-refractivity contribution in [2.75, 3.05) is 6.61 Å². The van der Waals surface area contributed by atoms with E-state index in [-0.39, 0.29) is 6.42 Å². The number of hydrogen-bond acceptors (Lipinski definition) is 2. The third-order valence-electron chi connectivity index (χ3n) is 2.26. The SMILES string of the molecule is CCCCCCCCOC(O)(F)CC. The second kappa shape index (κ2) is 8.18. The first kappa shape index (κ1) is 13.8. The van der Waals surface area contributed by atoms with E-state index in [4.69, 9.17) is 5.11 Å². The minimum absolute atomic E-state index is 0.0111. The van der Waals surface area contributed by atoms with Crippen molar-refractivity contribution in [1.29, 1.82) is 0 Å². The highest BCUT2D eigenvalue weighted by Gasteiger charge is 2.22. The van der Waals surface area contributed by atoms with E-state index in [1.54, 1.807) is 6.92 Å². The molecule has 0 aliphatic rings. The number of hydrogen-bond donors (Lipinski definition) is 1. The maximum Gasteiger partial charge on any atom is 0.317 e. The fourth-order valence-corrected chi connectivity index (χ4v) is 1.21. The van der Waals surface area contributed by atoms with E-state index in [0.29, 0.717) is 6.61 Å². The maximum atomic E-state index is 12.8. The van der Waals surface area contributed by atoms with Crippen LogP contribution in [0.1, 0.15) is 58.8 Å². The molecule has 14 heavy (non-hydrogen) atoms. The highest BCUT2D eigenvalue weighted by atomic mass is 19.2. The van der Waals surface area contributed by atoms with Gasteiger partial charge in [0.15, 0.2) is 0 Å². The molecule has 3 heteroatoms. The van der Waals surface area contributed by atoms with E-state index < -0.39 is 6.04 Å². The van der Waals surface area contributed by atoms with Crippen LogP contribution >= 0.6 is 0 Å². The van der Waals surface area contributed by atoms with Gasteiger partial charge in [-0.15, -0.1) is 0 Å². The molecule has 0 aromatic rings. The molecule has 0 fully saturated rings. The first-order valence-electron chi connectivity index (χ1n) is 5.67. The summed E-state index contributed by atoms with van der Waals surface area (Å²) in [4.78, 5) is 0. The van der Waals surface area contributed by atoms with Crippen molar-refractivity contribution < 1.29 is 14.2 Å². The zero-order valence-corrected chi connectivity index (χ0v) is 9.39. The van der Waals surface area contributed by atoms with Crippen molar-refractivity contribution in [2.45, 2.75) is 64.8 Å². The van der Waals surface area contributed by atoms with Gasteiger partial charge in [-0.05, 0) is 6.42 Å². The van der Waals surface area contributed by atoms with Crippen LogP contribution in [0.4, 0.5) is 4.39 Å². The molecule has 1 unspecified atom stereocenters. The van der Waals surface area contributed by atoms with Crippen LogP contribution in [0, 0.1) is 0 Å². The summed E-state index contributed by atoms with van der Waals surface area (Å²) in [6.07, 6.45) is 6.79. The van der Waals surface area contributed by atoms with Gasteiger partial charge < -0.3 is 9.84 Å². The Morgan fingerprint density at radius 3 is 2.21 bits per heavy atom. The van der Waals surface area contributed by atoms with E-state index in [1.807, 2.05) is 0 Å². The quantitative estimate of drug-likeness (QED) is 0.463. The van der Waals surface area contributed by atoms with Crippen LogP contribution in [0.5, 0.6) is 0 Å². The van der Waals surface area contributed by atoms with E-state index in [9.17, 15) is 4.39 Å². The van der Waals surface area contributed by atoms with E-state index in [1.165, 1.54) is 25.7 Å². The molecule has 0 aromatic heterocycles. The summed E-state index contributed by atoms with van der Waals surface area (Å²) in [5.74, 6) is 0. The molecule has 2 nitrogen and oxygen atoms in total. The second-order valence-corrected chi connectivity index (χ2v) is 3.66. The normalized spacial score (nSPS) is 15.4. The number of halogens is 1. The van der Waals surface area contributed by atoms with Crippen molar-refractivity contribution in [3.8, 4) is 0 Å². The molecular formula is C11H23FO2. The van der Waals surface area contributed by atoms with Crippen molar-refractivity contribution in [3.05, 3.63) is 0 Å². The van der Waals surface area contributed by atoms with Crippen LogP contribution in [-0.4, -0.2) is 17.8 Å². The molecule has 0 saturated carbocycles. The van der Waals surface area contributed by atoms with Gasteiger partial charge in [-0.1, -0.05) is 46.0 Å². The van der Waals surface area contributed by atoms with Gasteiger partial charge in [0.05, 0.1) is 6.61 Å². The summed E-state index contributed by atoms with van der Waals surface area (Å²) in [6.45, 7) is 4.04. The van der Waals surface area contributed by atoms with Crippen molar-refractivity contribution in [1.82, 2.24) is 0 Å². The lowest BCUT2D eigenvalue weighted by molar-refractivity contribution is -0.291. The minimum atomic E-state index is -2.41. The number of aliphatic hydroxyl groups is 1. The van der Waals surface area contributed by atoms with Gasteiger partial charge in [-0.25, -0.2) is 0 Å². The first-order valence-corrected chi connectivity index (χ1v) is 5.67. The molecule has 1 atom stereocenters. The Hall–Kier alpha value is -0.150. The molecule has 1 N–H and O–H groups in total. The summed E-state index contributed by atoms with van der Waals surface area (Å²) in [5, 5.41) is 8.88. The number of ether oxygens (including phenoxy) is 1. The molecule has 0 amide bonds. The van der Waals surface area contributed by atoms with Crippen molar-refractivity contribution in [2.24, 2.45) is 0 Å². The Kier molecular flexibility index (Phi) is 8.09. The average Bonchev–Trinajstić information content (AvgIpc) is 2.16.